The number of nitrogens with zero attached hydrogens (tertiary/aromatic N) is 3. The van der Waals surface area contributed by atoms with Crippen molar-refractivity contribution in [3.8, 4) is 6.07 Å². The Balaban J connectivity index is 1.72. The van der Waals surface area contributed by atoms with Crippen molar-refractivity contribution in [3.63, 3.8) is 0 Å². The zero-order valence-electron chi connectivity index (χ0n) is 17.9. The number of aromatic nitrogens is 1. The van der Waals surface area contributed by atoms with Crippen LogP contribution in [-0.4, -0.2) is 42.5 Å². The molecule has 0 spiro atoms. The lowest BCUT2D eigenvalue weighted by molar-refractivity contribution is -0.113. The van der Waals surface area contributed by atoms with Gasteiger partial charge in [-0.15, -0.1) is 0 Å². The van der Waals surface area contributed by atoms with Gasteiger partial charge in [0.05, 0.1) is 16.2 Å². The molecule has 1 amide bonds. The molecular weight excluding hydrogens is 432 g/mol. The van der Waals surface area contributed by atoms with Crippen molar-refractivity contribution >= 4 is 33.4 Å². The van der Waals surface area contributed by atoms with Crippen LogP contribution in [0.15, 0.2) is 34.2 Å². The number of benzene rings is 1. The summed E-state index contributed by atoms with van der Waals surface area (Å²) in [6.45, 7) is 6.26. The molecule has 0 radical (unpaired) electrons. The smallest absolute Gasteiger partial charge is 0.243 e. The number of hydrogen-bond donors (Lipinski definition) is 1. The second-order valence-corrected chi connectivity index (χ2v) is 10.2. The minimum atomic E-state index is -3.60. The first-order valence-corrected chi connectivity index (χ1v) is 12.7. The highest BCUT2D eigenvalue weighted by Crippen LogP contribution is 2.31. The van der Waals surface area contributed by atoms with E-state index >= 15 is 0 Å². The molecule has 0 saturated carbocycles. The van der Waals surface area contributed by atoms with Crippen LogP contribution >= 0.6 is 11.8 Å². The number of fused-ring (bicyclic) bond motifs is 1. The van der Waals surface area contributed by atoms with Gasteiger partial charge in [0.2, 0.25) is 15.9 Å². The van der Waals surface area contributed by atoms with Crippen LogP contribution in [0.5, 0.6) is 0 Å². The Morgan fingerprint density at radius 3 is 2.71 bits per heavy atom. The molecule has 0 unspecified atom stereocenters. The summed E-state index contributed by atoms with van der Waals surface area (Å²) >= 11 is 1.23. The van der Waals surface area contributed by atoms with E-state index in [2.05, 4.69) is 16.4 Å². The van der Waals surface area contributed by atoms with Crippen molar-refractivity contribution in [3.05, 3.63) is 46.6 Å². The van der Waals surface area contributed by atoms with E-state index in [4.69, 9.17) is 0 Å². The summed E-state index contributed by atoms with van der Waals surface area (Å²) in [5, 5.41) is 12.9. The third-order valence-corrected chi connectivity index (χ3v) is 8.40. The summed E-state index contributed by atoms with van der Waals surface area (Å²) in [4.78, 5) is 17.3. The van der Waals surface area contributed by atoms with E-state index in [-0.39, 0.29) is 16.6 Å². The normalized spacial score (nSPS) is 13.1. The topological polar surface area (TPSA) is 103 Å². The van der Waals surface area contributed by atoms with Gasteiger partial charge in [-0.25, -0.2) is 13.4 Å². The van der Waals surface area contributed by atoms with Crippen molar-refractivity contribution in [2.75, 3.05) is 24.2 Å². The fourth-order valence-corrected chi connectivity index (χ4v) is 6.12. The second kappa shape index (κ2) is 9.81. The van der Waals surface area contributed by atoms with Gasteiger partial charge in [0, 0.05) is 24.5 Å². The minimum absolute atomic E-state index is 0.0763. The molecule has 0 aliphatic heterocycles. The molecular formula is C22H26N4O3S2. The van der Waals surface area contributed by atoms with Gasteiger partial charge in [0.1, 0.15) is 11.1 Å². The SMILES string of the molecule is CCN(CC)S(=O)(=O)c1cccc(NC(=O)CSc2nc3c(c(C)c2C#N)CCC3)c1. The molecule has 1 N–H and O–H groups in total. The Morgan fingerprint density at radius 2 is 2.03 bits per heavy atom. The highest BCUT2D eigenvalue weighted by Gasteiger charge is 2.23. The number of nitrogens with one attached hydrogen (secondary N) is 1. The average molecular weight is 459 g/mol. The van der Waals surface area contributed by atoms with Gasteiger partial charge in [-0.1, -0.05) is 31.7 Å². The molecule has 1 heterocycles. The Kier molecular flexibility index (Phi) is 7.36. The van der Waals surface area contributed by atoms with Gasteiger partial charge in [-0.3, -0.25) is 4.79 Å². The number of rotatable bonds is 8. The number of aryl methyl sites for hydroxylation is 1. The van der Waals surface area contributed by atoms with Gasteiger partial charge in [-0.2, -0.15) is 9.57 Å². The molecule has 9 heteroatoms. The fraction of sp³-hybridized carbons (Fsp3) is 0.409. The van der Waals surface area contributed by atoms with Crippen molar-refractivity contribution in [2.24, 2.45) is 0 Å². The Labute approximate surface area is 187 Å². The quantitative estimate of drug-likeness (QED) is 0.607. The first-order valence-electron chi connectivity index (χ1n) is 10.3. The molecule has 1 aromatic heterocycles. The zero-order chi connectivity index (χ0) is 22.6. The number of nitriles is 1. The van der Waals surface area contributed by atoms with Crippen molar-refractivity contribution in [1.82, 2.24) is 9.29 Å². The molecule has 0 atom stereocenters. The number of pyridine rings is 1. The van der Waals surface area contributed by atoms with Gasteiger partial charge >= 0.3 is 0 Å². The van der Waals surface area contributed by atoms with E-state index in [0.29, 0.717) is 29.4 Å². The maximum Gasteiger partial charge on any atom is 0.243 e. The van der Waals surface area contributed by atoms with Crippen LogP contribution < -0.4 is 5.32 Å². The second-order valence-electron chi connectivity index (χ2n) is 7.26. The molecule has 3 rings (SSSR count). The number of amides is 1. The van der Waals surface area contributed by atoms with Gasteiger partial charge in [0.25, 0.3) is 0 Å². The van der Waals surface area contributed by atoms with Crippen LogP contribution in [0.2, 0.25) is 0 Å². The highest BCUT2D eigenvalue weighted by molar-refractivity contribution is 8.00. The van der Waals surface area contributed by atoms with E-state index in [1.807, 2.05) is 6.92 Å². The summed E-state index contributed by atoms with van der Waals surface area (Å²) in [6, 6.07) is 8.48. The van der Waals surface area contributed by atoms with E-state index < -0.39 is 10.0 Å². The number of hydrogen-bond acceptors (Lipinski definition) is 6. The average Bonchev–Trinajstić information content (AvgIpc) is 3.22. The molecule has 2 aromatic rings. The summed E-state index contributed by atoms with van der Waals surface area (Å²) in [7, 11) is -3.60. The van der Waals surface area contributed by atoms with Crippen LogP contribution in [0.25, 0.3) is 0 Å². The molecule has 1 aliphatic rings. The third-order valence-electron chi connectivity index (χ3n) is 5.38. The lowest BCUT2D eigenvalue weighted by Gasteiger charge is -2.18. The first kappa shape index (κ1) is 23.3. The van der Waals surface area contributed by atoms with E-state index in [9.17, 15) is 18.5 Å². The molecule has 0 saturated heterocycles. The maximum absolute atomic E-state index is 12.7. The fourth-order valence-electron chi connectivity index (χ4n) is 3.76. The van der Waals surface area contributed by atoms with Crippen LogP contribution in [0.1, 0.15) is 42.7 Å². The zero-order valence-corrected chi connectivity index (χ0v) is 19.6. The molecule has 1 aromatic carbocycles. The Hall–Kier alpha value is -2.41. The lowest BCUT2D eigenvalue weighted by Crippen LogP contribution is -2.30. The third kappa shape index (κ3) is 4.92. The highest BCUT2D eigenvalue weighted by atomic mass is 32.2. The van der Waals surface area contributed by atoms with Crippen molar-refractivity contribution in [2.45, 2.75) is 50.0 Å². The van der Waals surface area contributed by atoms with Gasteiger partial charge in [0.15, 0.2) is 0 Å². The predicted octanol–water partition coefficient (Wildman–Crippen LogP) is 3.51. The number of thioether (sulfide) groups is 1. The number of sulfonamides is 1. The molecule has 164 valence electrons. The van der Waals surface area contributed by atoms with Gasteiger partial charge in [-0.05, 0) is 55.5 Å². The Morgan fingerprint density at radius 1 is 1.29 bits per heavy atom. The summed E-state index contributed by atoms with van der Waals surface area (Å²) in [5.74, 6) is -0.210. The van der Waals surface area contributed by atoms with E-state index in [0.717, 1.165) is 36.1 Å². The maximum atomic E-state index is 12.7. The van der Waals surface area contributed by atoms with Gasteiger partial charge < -0.3 is 5.32 Å². The molecule has 0 fully saturated rings. The monoisotopic (exact) mass is 458 g/mol. The van der Waals surface area contributed by atoms with Crippen LogP contribution in [0.3, 0.4) is 0 Å². The molecule has 31 heavy (non-hydrogen) atoms. The number of carbonyl (C=O) groups excluding carboxylic acids is 1. The number of anilines is 1. The van der Waals surface area contributed by atoms with Crippen molar-refractivity contribution in [1.29, 1.82) is 5.26 Å². The summed E-state index contributed by atoms with van der Waals surface area (Å²) < 4.78 is 26.8. The molecule has 0 bridgehead atoms. The minimum Gasteiger partial charge on any atom is -0.325 e. The van der Waals surface area contributed by atoms with E-state index in [1.165, 1.54) is 28.2 Å². The largest absolute Gasteiger partial charge is 0.325 e. The summed E-state index contributed by atoms with van der Waals surface area (Å²) in [6.07, 6.45) is 2.88. The van der Waals surface area contributed by atoms with Crippen LogP contribution in [0, 0.1) is 18.3 Å². The first-order chi connectivity index (χ1) is 14.8. The molecule has 1 aliphatic carbocycles. The van der Waals surface area contributed by atoms with Crippen LogP contribution in [0.4, 0.5) is 5.69 Å². The van der Waals surface area contributed by atoms with E-state index in [1.54, 1.807) is 26.0 Å². The number of carbonyl (C=O) groups is 1. The molecule has 7 nitrogen and oxygen atoms in total. The Bertz CT molecular complexity index is 1140. The van der Waals surface area contributed by atoms with Crippen LogP contribution in [-0.2, 0) is 27.7 Å². The standard InChI is InChI=1S/C22H26N4O3S2/c1-4-26(5-2)31(28,29)17-9-6-8-16(12-17)24-21(27)14-30-22-19(13-23)15(3)18-10-7-11-20(18)25-22/h6,8-9,12H,4-5,7,10-11,14H2,1-3H3,(H,24,27). The predicted molar refractivity (Wildman–Crippen MR) is 122 cm³/mol. The van der Waals surface area contributed by atoms with Crippen molar-refractivity contribution < 1.29 is 13.2 Å². The lowest BCUT2D eigenvalue weighted by atomic mass is 10.0. The summed E-state index contributed by atoms with van der Waals surface area (Å²) in [5.41, 5.74) is 4.09.